The molecule has 59 heavy (non-hydrogen) atoms. The zero-order valence-corrected chi connectivity index (χ0v) is 31.6. The van der Waals surface area contributed by atoms with Crippen molar-refractivity contribution in [1.29, 1.82) is 0 Å². The monoisotopic (exact) mass is 756 g/mol. The molecule has 8 aromatic carbocycles. The summed E-state index contributed by atoms with van der Waals surface area (Å²) in [4.78, 5) is 19.9. The number of hydrogen-bond acceptors (Lipinski definition) is 5. The summed E-state index contributed by atoms with van der Waals surface area (Å²) in [6, 6.07) is 66.9. The molecule has 0 saturated heterocycles. The van der Waals surface area contributed by atoms with Crippen LogP contribution in [0.15, 0.2) is 199 Å². The van der Waals surface area contributed by atoms with Crippen LogP contribution in [-0.2, 0) is 0 Å². The fourth-order valence-corrected chi connectivity index (χ4v) is 8.49. The molecule has 7 nitrogen and oxygen atoms in total. The molecule has 0 radical (unpaired) electrons. The molecule has 0 aliphatic rings. The molecule has 276 valence electrons. The molecular formula is C52H32N6O. The largest absolute Gasteiger partial charge is 0.436 e. The van der Waals surface area contributed by atoms with Crippen LogP contribution in [0.3, 0.4) is 0 Å². The van der Waals surface area contributed by atoms with Gasteiger partial charge in [-0.15, -0.1) is 0 Å². The summed E-state index contributed by atoms with van der Waals surface area (Å²) in [7, 11) is 0. The minimum Gasteiger partial charge on any atom is -0.436 e. The Morgan fingerprint density at radius 2 is 0.780 bits per heavy atom. The first kappa shape index (κ1) is 33.0. The maximum absolute atomic E-state index is 6.25. The van der Waals surface area contributed by atoms with E-state index in [4.69, 9.17) is 24.4 Å². The first-order chi connectivity index (χ1) is 29.2. The molecule has 0 unspecified atom stereocenters. The van der Waals surface area contributed by atoms with Gasteiger partial charge in [-0.3, -0.25) is 0 Å². The van der Waals surface area contributed by atoms with E-state index in [0.29, 0.717) is 23.4 Å². The Morgan fingerprint density at radius 3 is 1.32 bits per heavy atom. The Kier molecular flexibility index (Phi) is 7.40. The Bertz CT molecular complexity index is 3480. The van der Waals surface area contributed by atoms with Gasteiger partial charge in [0.05, 0.1) is 22.1 Å². The van der Waals surface area contributed by atoms with Gasteiger partial charge in [0.1, 0.15) is 5.52 Å². The molecule has 0 fully saturated rings. The zero-order chi connectivity index (χ0) is 38.9. The number of oxazole rings is 1. The molecule has 12 rings (SSSR count). The molecule has 0 amide bonds. The highest BCUT2D eigenvalue weighted by Crippen LogP contribution is 2.42. The second-order valence-electron chi connectivity index (χ2n) is 14.7. The zero-order valence-electron chi connectivity index (χ0n) is 31.6. The van der Waals surface area contributed by atoms with Crippen molar-refractivity contribution >= 4 is 54.7 Å². The SMILES string of the molecule is c1ccc(-c2nc(-c3ccccc3)nc(-c3ccc(-n4c5ccccc5c5ccc6c7ccccc7n(-c7ccc8oc(-c9ccccc9)nc8c7)c6c54)cc3)n2)cc1. The molecule has 0 N–H and O–H groups in total. The Hall–Kier alpha value is -8.16. The highest BCUT2D eigenvalue weighted by atomic mass is 16.3. The van der Waals surface area contributed by atoms with Crippen molar-refractivity contribution in [3.05, 3.63) is 194 Å². The fourth-order valence-electron chi connectivity index (χ4n) is 8.49. The summed E-state index contributed by atoms with van der Waals surface area (Å²) in [5.74, 6) is 2.50. The topological polar surface area (TPSA) is 74.6 Å². The van der Waals surface area contributed by atoms with Gasteiger partial charge in [-0.1, -0.05) is 127 Å². The quantitative estimate of drug-likeness (QED) is 0.169. The van der Waals surface area contributed by atoms with Crippen LogP contribution in [0, 0.1) is 0 Å². The average molecular weight is 757 g/mol. The number of nitrogens with zero attached hydrogens (tertiary/aromatic N) is 6. The van der Waals surface area contributed by atoms with E-state index in [-0.39, 0.29) is 0 Å². The Balaban J connectivity index is 1.07. The molecule has 12 aromatic rings. The molecule has 4 aromatic heterocycles. The van der Waals surface area contributed by atoms with Gasteiger partial charge in [0.25, 0.3) is 0 Å². The number of fused-ring (bicyclic) bond motifs is 8. The van der Waals surface area contributed by atoms with E-state index < -0.39 is 0 Å². The standard InChI is InChI=1S/C52H32N6O/c1-4-14-33(15-5-1)49-54-50(34-16-6-2-7-17-34)56-51(55-49)35-24-26-37(27-25-35)57-44-22-12-10-20-39(44)41-29-30-42-40-21-11-13-23-45(40)58(48(42)47(41)57)38-28-31-46-43(32-38)53-52(59-46)36-18-8-3-9-19-36/h1-32H. The van der Waals surface area contributed by atoms with E-state index in [1.54, 1.807) is 0 Å². The average Bonchev–Trinajstić information content (AvgIpc) is 4.00. The van der Waals surface area contributed by atoms with Crippen LogP contribution in [0.1, 0.15) is 0 Å². The van der Waals surface area contributed by atoms with Crippen LogP contribution >= 0.6 is 0 Å². The lowest BCUT2D eigenvalue weighted by Crippen LogP contribution is -2.01. The van der Waals surface area contributed by atoms with Gasteiger partial charge in [0, 0.05) is 55.2 Å². The van der Waals surface area contributed by atoms with Crippen LogP contribution < -0.4 is 0 Å². The van der Waals surface area contributed by atoms with Gasteiger partial charge in [-0.25, -0.2) is 19.9 Å². The number of benzene rings is 8. The van der Waals surface area contributed by atoms with Crippen LogP contribution in [-0.4, -0.2) is 29.1 Å². The summed E-state index contributed by atoms with van der Waals surface area (Å²) in [6.07, 6.45) is 0. The van der Waals surface area contributed by atoms with Crippen molar-refractivity contribution in [2.75, 3.05) is 0 Å². The van der Waals surface area contributed by atoms with Crippen LogP contribution in [0.4, 0.5) is 0 Å². The normalized spacial score (nSPS) is 11.7. The van der Waals surface area contributed by atoms with Crippen molar-refractivity contribution in [3.63, 3.8) is 0 Å². The van der Waals surface area contributed by atoms with Gasteiger partial charge in [-0.05, 0) is 66.7 Å². The van der Waals surface area contributed by atoms with Gasteiger partial charge in [0.15, 0.2) is 23.1 Å². The molecule has 0 saturated carbocycles. The Labute approximate surface area is 338 Å². The van der Waals surface area contributed by atoms with E-state index >= 15 is 0 Å². The Morgan fingerprint density at radius 1 is 0.339 bits per heavy atom. The van der Waals surface area contributed by atoms with E-state index in [0.717, 1.165) is 66.8 Å². The minimum absolute atomic E-state index is 0.607. The second-order valence-corrected chi connectivity index (χ2v) is 14.7. The van der Waals surface area contributed by atoms with E-state index in [1.807, 2.05) is 97.1 Å². The van der Waals surface area contributed by atoms with Gasteiger partial charge in [0.2, 0.25) is 5.89 Å². The first-order valence-corrected chi connectivity index (χ1v) is 19.6. The van der Waals surface area contributed by atoms with Crippen molar-refractivity contribution in [2.24, 2.45) is 0 Å². The molecule has 0 aliphatic carbocycles. The third kappa shape index (κ3) is 5.36. The highest BCUT2D eigenvalue weighted by Gasteiger charge is 2.22. The number of aromatic nitrogens is 6. The lowest BCUT2D eigenvalue weighted by Gasteiger charge is -2.13. The van der Waals surface area contributed by atoms with E-state index in [9.17, 15) is 0 Å². The summed E-state index contributed by atoms with van der Waals surface area (Å²) in [6.45, 7) is 0. The highest BCUT2D eigenvalue weighted by molar-refractivity contribution is 6.23. The molecule has 4 heterocycles. The molecule has 0 atom stereocenters. The summed E-state index contributed by atoms with van der Waals surface area (Å²) in [5.41, 5.74) is 11.8. The van der Waals surface area contributed by atoms with Crippen LogP contribution in [0.25, 0.3) is 112 Å². The van der Waals surface area contributed by atoms with Gasteiger partial charge < -0.3 is 13.6 Å². The maximum atomic E-state index is 6.25. The molecule has 0 aliphatic heterocycles. The van der Waals surface area contributed by atoms with Crippen molar-refractivity contribution in [1.82, 2.24) is 29.1 Å². The summed E-state index contributed by atoms with van der Waals surface area (Å²) in [5, 5.41) is 4.71. The van der Waals surface area contributed by atoms with Crippen molar-refractivity contribution < 1.29 is 4.42 Å². The van der Waals surface area contributed by atoms with E-state index in [1.165, 1.54) is 21.5 Å². The number of rotatable bonds is 6. The first-order valence-electron chi connectivity index (χ1n) is 19.6. The fraction of sp³-hybridized carbons (Fsp3) is 0. The van der Waals surface area contributed by atoms with Crippen LogP contribution in [0.2, 0.25) is 0 Å². The lowest BCUT2D eigenvalue weighted by atomic mass is 10.1. The molecule has 0 bridgehead atoms. The predicted molar refractivity (Wildman–Crippen MR) is 238 cm³/mol. The predicted octanol–water partition coefficient (Wildman–Crippen LogP) is 12.9. The van der Waals surface area contributed by atoms with Crippen molar-refractivity contribution in [3.8, 4) is 57.0 Å². The molecule has 0 spiro atoms. The summed E-state index contributed by atoms with van der Waals surface area (Å²) >= 11 is 0. The van der Waals surface area contributed by atoms with Gasteiger partial charge >= 0.3 is 0 Å². The third-order valence-electron chi connectivity index (χ3n) is 11.2. The van der Waals surface area contributed by atoms with Crippen molar-refractivity contribution in [2.45, 2.75) is 0 Å². The minimum atomic E-state index is 0.607. The smallest absolute Gasteiger partial charge is 0.227 e. The maximum Gasteiger partial charge on any atom is 0.227 e. The van der Waals surface area contributed by atoms with Gasteiger partial charge in [-0.2, -0.15) is 0 Å². The molecule has 7 heteroatoms. The second kappa shape index (κ2) is 13.2. The number of para-hydroxylation sites is 2. The lowest BCUT2D eigenvalue weighted by molar-refractivity contribution is 0.620. The van der Waals surface area contributed by atoms with E-state index in [2.05, 4.69) is 106 Å². The third-order valence-corrected chi connectivity index (χ3v) is 11.2. The molecular weight excluding hydrogens is 725 g/mol. The van der Waals surface area contributed by atoms with Crippen LogP contribution in [0.5, 0.6) is 0 Å². The number of hydrogen-bond donors (Lipinski definition) is 0. The summed E-state index contributed by atoms with van der Waals surface area (Å²) < 4.78 is 11.0.